The summed E-state index contributed by atoms with van der Waals surface area (Å²) in [6.45, 7) is 3.24. The quantitative estimate of drug-likeness (QED) is 0.723. The Morgan fingerprint density at radius 2 is 1.94 bits per heavy atom. The first-order valence-corrected chi connectivity index (χ1v) is 5.44. The summed E-state index contributed by atoms with van der Waals surface area (Å²) in [7, 11) is 0. The second-order valence-corrected chi connectivity index (χ2v) is 4.19. The minimum absolute atomic E-state index is 0.0164. The van der Waals surface area contributed by atoms with Gasteiger partial charge in [0.25, 0.3) is 5.91 Å². The predicted molar refractivity (Wildman–Crippen MR) is 65.1 cm³/mol. The van der Waals surface area contributed by atoms with Crippen molar-refractivity contribution in [3.8, 4) is 11.5 Å². The molecule has 0 heterocycles. The molecule has 6 nitrogen and oxygen atoms in total. The number of phenols is 2. The molecule has 0 spiro atoms. The third-order valence-electron chi connectivity index (χ3n) is 2.42. The molecule has 1 aromatic rings. The second kappa shape index (κ2) is 5.39. The smallest absolute Gasteiger partial charge is 0.258 e. The van der Waals surface area contributed by atoms with Crippen LogP contribution in [0.5, 0.6) is 11.5 Å². The highest BCUT2D eigenvalue weighted by molar-refractivity contribution is 5.98. The lowest BCUT2D eigenvalue weighted by atomic mass is 10.1. The Hall–Kier alpha value is -2.24. The third-order valence-corrected chi connectivity index (χ3v) is 2.42. The van der Waals surface area contributed by atoms with E-state index in [1.54, 1.807) is 13.8 Å². The Labute approximate surface area is 105 Å². The monoisotopic (exact) mass is 252 g/mol. The lowest BCUT2D eigenvalue weighted by Crippen LogP contribution is -2.42. The van der Waals surface area contributed by atoms with Gasteiger partial charge in [-0.1, -0.05) is 0 Å². The first-order chi connectivity index (χ1) is 8.32. The van der Waals surface area contributed by atoms with Crippen LogP contribution in [0.15, 0.2) is 18.2 Å². The molecule has 0 saturated carbocycles. The van der Waals surface area contributed by atoms with Crippen LogP contribution in [-0.2, 0) is 4.79 Å². The van der Waals surface area contributed by atoms with Crippen molar-refractivity contribution >= 4 is 11.8 Å². The highest BCUT2D eigenvalue weighted by Gasteiger charge is 2.22. The molecule has 0 atom stereocenters. The van der Waals surface area contributed by atoms with Crippen LogP contribution in [0.1, 0.15) is 24.2 Å². The first kappa shape index (κ1) is 13.8. The van der Waals surface area contributed by atoms with E-state index in [9.17, 15) is 14.7 Å². The lowest BCUT2D eigenvalue weighted by Gasteiger charge is -2.25. The normalized spacial score (nSPS) is 10.4. The van der Waals surface area contributed by atoms with E-state index in [1.165, 1.54) is 17.0 Å². The maximum absolute atomic E-state index is 12.1. The SMILES string of the molecule is CC(C)N(CC(N)=O)C(=O)c1ccc(O)cc1O. The maximum atomic E-state index is 12.1. The summed E-state index contributed by atoms with van der Waals surface area (Å²) in [5.41, 5.74) is 5.09. The van der Waals surface area contributed by atoms with Gasteiger partial charge in [0.2, 0.25) is 5.91 Å². The minimum atomic E-state index is -0.629. The fourth-order valence-electron chi connectivity index (χ4n) is 1.51. The molecule has 0 aliphatic heterocycles. The maximum Gasteiger partial charge on any atom is 0.258 e. The Bertz CT molecular complexity index is 471. The van der Waals surface area contributed by atoms with Crippen molar-refractivity contribution in [3.63, 3.8) is 0 Å². The van der Waals surface area contributed by atoms with E-state index >= 15 is 0 Å². The van der Waals surface area contributed by atoms with Gasteiger partial charge in [0.1, 0.15) is 11.5 Å². The molecule has 0 unspecified atom stereocenters. The Kier molecular flexibility index (Phi) is 4.14. The third kappa shape index (κ3) is 3.13. The van der Waals surface area contributed by atoms with E-state index in [2.05, 4.69) is 0 Å². The summed E-state index contributed by atoms with van der Waals surface area (Å²) in [5.74, 6) is -1.62. The van der Waals surface area contributed by atoms with Gasteiger partial charge >= 0.3 is 0 Å². The van der Waals surface area contributed by atoms with Crippen LogP contribution >= 0.6 is 0 Å². The molecule has 1 rings (SSSR count). The van der Waals surface area contributed by atoms with Crippen molar-refractivity contribution in [1.82, 2.24) is 4.90 Å². The summed E-state index contributed by atoms with van der Waals surface area (Å²) < 4.78 is 0. The zero-order chi connectivity index (χ0) is 13.9. The zero-order valence-electron chi connectivity index (χ0n) is 10.3. The van der Waals surface area contributed by atoms with Crippen molar-refractivity contribution < 1.29 is 19.8 Å². The molecule has 2 amide bonds. The molecule has 98 valence electrons. The van der Waals surface area contributed by atoms with E-state index in [4.69, 9.17) is 10.8 Å². The fourth-order valence-corrected chi connectivity index (χ4v) is 1.51. The van der Waals surface area contributed by atoms with Gasteiger partial charge in [0.05, 0.1) is 12.1 Å². The largest absolute Gasteiger partial charge is 0.508 e. The van der Waals surface area contributed by atoms with E-state index in [0.717, 1.165) is 6.07 Å². The molecule has 0 saturated heterocycles. The standard InChI is InChI=1S/C12H16N2O4/c1-7(2)14(6-11(13)17)12(18)9-4-3-8(15)5-10(9)16/h3-5,7,15-16H,6H2,1-2H3,(H2,13,17). The number of amides is 2. The second-order valence-electron chi connectivity index (χ2n) is 4.19. The summed E-state index contributed by atoms with van der Waals surface area (Å²) in [5, 5.41) is 18.8. The lowest BCUT2D eigenvalue weighted by molar-refractivity contribution is -0.119. The number of carbonyl (C=O) groups excluding carboxylic acids is 2. The number of nitrogens with two attached hydrogens (primary N) is 1. The number of phenolic OH excluding ortho intramolecular Hbond substituents is 2. The van der Waals surface area contributed by atoms with Crippen LogP contribution in [0.3, 0.4) is 0 Å². The van der Waals surface area contributed by atoms with Gasteiger partial charge in [-0.25, -0.2) is 0 Å². The van der Waals surface area contributed by atoms with Gasteiger partial charge in [0, 0.05) is 12.1 Å². The summed E-state index contributed by atoms with van der Waals surface area (Å²) >= 11 is 0. The van der Waals surface area contributed by atoms with E-state index in [-0.39, 0.29) is 29.6 Å². The van der Waals surface area contributed by atoms with Crippen LogP contribution in [-0.4, -0.2) is 39.5 Å². The Morgan fingerprint density at radius 3 is 2.39 bits per heavy atom. The van der Waals surface area contributed by atoms with Crippen molar-refractivity contribution in [2.45, 2.75) is 19.9 Å². The molecule has 18 heavy (non-hydrogen) atoms. The molecule has 6 heteroatoms. The molecular weight excluding hydrogens is 236 g/mol. The molecule has 0 aliphatic carbocycles. The molecule has 0 bridgehead atoms. The number of carbonyl (C=O) groups is 2. The number of aromatic hydroxyl groups is 2. The van der Waals surface area contributed by atoms with Crippen LogP contribution in [0.4, 0.5) is 0 Å². The Balaban J connectivity index is 3.05. The first-order valence-electron chi connectivity index (χ1n) is 5.44. The topological polar surface area (TPSA) is 104 Å². The van der Waals surface area contributed by atoms with Gasteiger partial charge in [-0.2, -0.15) is 0 Å². The summed E-state index contributed by atoms with van der Waals surface area (Å²) in [6.07, 6.45) is 0. The average molecular weight is 252 g/mol. The average Bonchev–Trinajstić information content (AvgIpc) is 2.24. The van der Waals surface area contributed by atoms with Crippen LogP contribution in [0, 0.1) is 0 Å². The molecular formula is C12H16N2O4. The molecule has 0 aliphatic rings. The Morgan fingerprint density at radius 1 is 1.33 bits per heavy atom. The van der Waals surface area contributed by atoms with Crippen molar-refractivity contribution in [2.75, 3.05) is 6.54 Å². The minimum Gasteiger partial charge on any atom is -0.508 e. The van der Waals surface area contributed by atoms with Gasteiger partial charge in [0.15, 0.2) is 0 Å². The fraction of sp³-hybridized carbons (Fsp3) is 0.333. The van der Waals surface area contributed by atoms with Crippen LogP contribution in [0.2, 0.25) is 0 Å². The number of benzene rings is 1. The van der Waals surface area contributed by atoms with Gasteiger partial charge in [-0.05, 0) is 26.0 Å². The number of hydrogen-bond donors (Lipinski definition) is 3. The van der Waals surface area contributed by atoms with Crippen LogP contribution in [0.25, 0.3) is 0 Å². The number of nitrogens with zero attached hydrogens (tertiary/aromatic N) is 1. The number of hydrogen-bond acceptors (Lipinski definition) is 4. The highest BCUT2D eigenvalue weighted by Crippen LogP contribution is 2.24. The zero-order valence-corrected chi connectivity index (χ0v) is 10.3. The number of rotatable bonds is 4. The van der Waals surface area contributed by atoms with Crippen molar-refractivity contribution in [1.29, 1.82) is 0 Å². The molecule has 0 aromatic heterocycles. The van der Waals surface area contributed by atoms with Gasteiger partial charge < -0.3 is 20.8 Å². The molecule has 4 N–H and O–H groups in total. The van der Waals surface area contributed by atoms with E-state index in [0.29, 0.717) is 0 Å². The van der Waals surface area contributed by atoms with Gasteiger partial charge in [-0.3, -0.25) is 9.59 Å². The van der Waals surface area contributed by atoms with E-state index < -0.39 is 11.8 Å². The highest BCUT2D eigenvalue weighted by atomic mass is 16.3. The molecule has 0 fully saturated rings. The van der Waals surface area contributed by atoms with Crippen LogP contribution < -0.4 is 5.73 Å². The number of primary amides is 1. The predicted octanol–water partition coefficient (Wildman–Crippen LogP) is 0.434. The molecule has 1 aromatic carbocycles. The van der Waals surface area contributed by atoms with Crippen molar-refractivity contribution in [3.05, 3.63) is 23.8 Å². The van der Waals surface area contributed by atoms with Gasteiger partial charge in [-0.15, -0.1) is 0 Å². The molecule has 0 radical (unpaired) electrons. The van der Waals surface area contributed by atoms with E-state index in [1.807, 2.05) is 0 Å². The summed E-state index contributed by atoms with van der Waals surface area (Å²) in [4.78, 5) is 24.3. The van der Waals surface area contributed by atoms with Crippen molar-refractivity contribution in [2.24, 2.45) is 5.73 Å². The summed E-state index contributed by atoms with van der Waals surface area (Å²) in [6, 6.07) is 3.41.